The molecule has 0 aromatic heterocycles. The van der Waals surface area contributed by atoms with Crippen molar-refractivity contribution >= 4 is 11.6 Å². The first-order valence-corrected chi connectivity index (χ1v) is 6.24. The Balaban J connectivity index is 2.47. The molecule has 0 aliphatic heterocycles. The normalized spacial score (nSPS) is 28.3. The molecule has 0 bridgehead atoms. The minimum absolute atomic E-state index is 0.0639. The Hall–Kier alpha value is -0.530. The molecule has 0 radical (unpaired) electrons. The summed E-state index contributed by atoms with van der Waals surface area (Å²) < 4.78 is 0. The Morgan fingerprint density at radius 3 is 2.44 bits per heavy atom. The summed E-state index contributed by atoms with van der Waals surface area (Å²) in [5.41, 5.74) is 1.24. The fourth-order valence-electron chi connectivity index (χ4n) is 2.72. The van der Waals surface area contributed by atoms with Gasteiger partial charge < -0.3 is 5.11 Å². The Morgan fingerprint density at radius 1 is 1.25 bits per heavy atom. The summed E-state index contributed by atoms with van der Waals surface area (Å²) in [5, 5.41) is 11.6. The Kier molecular flexibility index (Phi) is 2.80. The SMILES string of the molecule is Cc1ccc(C2(O)CCCC2(C)C)cc1Cl. The highest BCUT2D eigenvalue weighted by atomic mass is 35.5. The topological polar surface area (TPSA) is 20.2 Å². The van der Waals surface area contributed by atoms with E-state index in [4.69, 9.17) is 11.6 Å². The van der Waals surface area contributed by atoms with Gasteiger partial charge in [-0.1, -0.05) is 37.6 Å². The summed E-state index contributed by atoms with van der Waals surface area (Å²) in [5.74, 6) is 0. The van der Waals surface area contributed by atoms with E-state index in [1.807, 2.05) is 25.1 Å². The maximum absolute atomic E-state index is 10.8. The number of rotatable bonds is 1. The first-order chi connectivity index (χ1) is 7.37. The molecule has 1 nitrogen and oxygen atoms in total. The third-order valence-corrected chi connectivity index (χ3v) is 4.52. The lowest BCUT2D eigenvalue weighted by Crippen LogP contribution is -2.36. The Morgan fingerprint density at radius 2 is 1.94 bits per heavy atom. The third-order valence-electron chi connectivity index (χ3n) is 4.11. The maximum Gasteiger partial charge on any atom is 0.0947 e. The van der Waals surface area contributed by atoms with Gasteiger partial charge >= 0.3 is 0 Å². The van der Waals surface area contributed by atoms with Crippen molar-refractivity contribution < 1.29 is 5.11 Å². The van der Waals surface area contributed by atoms with Crippen LogP contribution in [-0.4, -0.2) is 5.11 Å². The molecule has 88 valence electrons. The molecule has 1 unspecified atom stereocenters. The van der Waals surface area contributed by atoms with Crippen LogP contribution in [0.1, 0.15) is 44.2 Å². The van der Waals surface area contributed by atoms with E-state index in [-0.39, 0.29) is 5.41 Å². The summed E-state index contributed by atoms with van der Waals surface area (Å²) in [4.78, 5) is 0. The fraction of sp³-hybridized carbons (Fsp3) is 0.571. The Labute approximate surface area is 102 Å². The molecule has 1 aromatic carbocycles. The number of hydrogen-bond donors (Lipinski definition) is 1. The highest BCUT2D eigenvalue weighted by Gasteiger charge is 2.48. The van der Waals surface area contributed by atoms with E-state index in [1.54, 1.807) is 0 Å². The number of hydrogen-bond acceptors (Lipinski definition) is 1. The van der Waals surface area contributed by atoms with Gasteiger partial charge in [0.2, 0.25) is 0 Å². The van der Waals surface area contributed by atoms with E-state index in [9.17, 15) is 5.11 Å². The molecule has 1 aliphatic rings. The predicted octanol–water partition coefficient (Wildman–Crippen LogP) is 4.05. The molecule has 2 rings (SSSR count). The molecule has 0 saturated heterocycles. The number of aliphatic hydroxyl groups is 1. The molecular weight excluding hydrogens is 220 g/mol. The van der Waals surface area contributed by atoms with Crippen molar-refractivity contribution in [1.82, 2.24) is 0 Å². The maximum atomic E-state index is 10.8. The van der Waals surface area contributed by atoms with Gasteiger partial charge in [-0.15, -0.1) is 0 Å². The summed E-state index contributed by atoms with van der Waals surface area (Å²) in [7, 11) is 0. The van der Waals surface area contributed by atoms with Gasteiger partial charge in [-0.3, -0.25) is 0 Å². The van der Waals surface area contributed by atoms with Gasteiger partial charge in [-0.2, -0.15) is 0 Å². The van der Waals surface area contributed by atoms with Crippen LogP contribution in [0.2, 0.25) is 5.02 Å². The molecule has 1 saturated carbocycles. The summed E-state index contributed by atoms with van der Waals surface area (Å²) in [6, 6.07) is 5.92. The van der Waals surface area contributed by atoms with E-state index in [2.05, 4.69) is 13.8 Å². The highest BCUT2D eigenvalue weighted by molar-refractivity contribution is 6.31. The summed E-state index contributed by atoms with van der Waals surface area (Å²) >= 11 is 6.14. The lowest BCUT2D eigenvalue weighted by molar-refractivity contribution is -0.0485. The standard InChI is InChI=1S/C14H19ClO/c1-10-5-6-11(9-12(10)15)14(16)8-4-7-13(14,2)3/h5-6,9,16H,4,7-8H2,1-3H3. The monoisotopic (exact) mass is 238 g/mol. The van der Waals surface area contributed by atoms with E-state index >= 15 is 0 Å². The molecule has 1 aliphatic carbocycles. The van der Waals surface area contributed by atoms with Gasteiger partial charge in [0.1, 0.15) is 0 Å². The van der Waals surface area contributed by atoms with Gasteiger partial charge in [0.15, 0.2) is 0 Å². The summed E-state index contributed by atoms with van der Waals surface area (Å²) in [6.07, 6.45) is 2.98. The average Bonchev–Trinajstić information content (AvgIpc) is 2.47. The minimum atomic E-state index is -0.718. The van der Waals surface area contributed by atoms with Crippen molar-refractivity contribution in [3.8, 4) is 0 Å². The van der Waals surface area contributed by atoms with E-state index < -0.39 is 5.60 Å². The van der Waals surface area contributed by atoms with Crippen molar-refractivity contribution in [1.29, 1.82) is 0 Å². The smallest absolute Gasteiger partial charge is 0.0947 e. The largest absolute Gasteiger partial charge is 0.385 e. The second kappa shape index (κ2) is 3.75. The molecule has 1 fully saturated rings. The van der Waals surface area contributed by atoms with Crippen LogP contribution < -0.4 is 0 Å². The predicted molar refractivity (Wildman–Crippen MR) is 67.7 cm³/mol. The van der Waals surface area contributed by atoms with Gasteiger partial charge in [0.25, 0.3) is 0 Å². The zero-order chi connectivity index (χ0) is 12.0. The van der Waals surface area contributed by atoms with Crippen molar-refractivity contribution in [2.24, 2.45) is 5.41 Å². The minimum Gasteiger partial charge on any atom is -0.385 e. The zero-order valence-corrected chi connectivity index (χ0v) is 10.9. The molecule has 0 heterocycles. The fourth-order valence-corrected chi connectivity index (χ4v) is 2.90. The van der Waals surface area contributed by atoms with Crippen molar-refractivity contribution in [3.63, 3.8) is 0 Å². The second-order valence-electron chi connectivity index (χ2n) is 5.56. The molecule has 0 spiro atoms. The van der Waals surface area contributed by atoms with Gasteiger partial charge in [0, 0.05) is 5.02 Å². The Bertz CT molecular complexity index is 411. The first kappa shape index (κ1) is 11.9. The molecule has 2 heteroatoms. The van der Waals surface area contributed by atoms with Gasteiger partial charge in [-0.25, -0.2) is 0 Å². The molecule has 16 heavy (non-hydrogen) atoms. The van der Waals surface area contributed by atoms with Crippen molar-refractivity contribution in [2.45, 2.75) is 45.6 Å². The average molecular weight is 239 g/mol. The van der Waals surface area contributed by atoms with E-state index in [0.717, 1.165) is 35.4 Å². The lowest BCUT2D eigenvalue weighted by atomic mass is 9.73. The van der Waals surface area contributed by atoms with Crippen molar-refractivity contribution in [3.05, 3.63) is 34.3 Å². The number of aryl methyl sites for hydroxylation is 1. The molecule has 1 aromatic rings. The van der Waals surface area contributed by atoms with Crippen LogP contribution in [0, 0.1) is 12.3 Å². The second-order valence-corrected chi connectivity index (χ2v) is 5.97. The van der Waals surface area contributed by atoms with Crippen LogP contribution in [0.4, 0.5) is 0 Å². The lowest BCUT2D eigenvalue weighted by Gasteiger charge is -2.37. The van der Waals surface area contributed by atoms with E-state index in [1.165, 1.54) is 0 Å². The molecule has 1 atom stereocenters. The van der Waals surface area contributed by atoms with Crippen LogP contribution in [0.3, 0.4) is 0 Å². The molecular formula is C14H19ClO. The van der Waals surface area contributed by atoms with Crippen molar-refractivity contribution in [2.75, 3.05) is 0 Å². The molecule has 0 amide bonds. The number of halogens is 1. The van der Waals surface area contributed by atoms with Crippen LogP contribution in [0.25, 0.3) is 0 Å². The van der Waals surface area contributed by atoms with Crippen LogP contribution in [0.15, 0.2) is 18.2 Å². The van der Waals surface area contributed by atoms with E-state index in [0.29, 0.717) is 0 Å². The third kappa shape index (κ3) is 1.66. The van der Waals surface area contributed by atoms with Crippen LogP contribution >= 0.6 is 11.6 Å². The quantitative estimate of drug-likeness (QED) is 0.783. The van der Waals surface area contributed by atoms with Gasteiger partial charge in [0.05, 0.1) is 5.60 Å². The number of benzene rings is 1. The summed E-state index contributed by atoms with van der Waals surface area (Å²) in [6.45, 7) is 6.25. The van der Waals surface area contributed by atoms with Crippen LogP contribution in [-0.2, 0) is 5.60 Å². The zero-order valence-electron chi connectivity index (χ0n) is 10.2. The van der Waals surface area contributed by atoms with Gasteiger partial charge in [-0.05, 0) is 48.8 Å². The highest BCUT2D eigenvalue weighted by Crippen LogP contribution is 2.52. The molecule has 1 N–H and O–H groups in total. The van der Waals surface area contributed by atoms with Crippen LogP contribution in [0.5, 0.6) is 0 Å². The first-order valence-electron chi connectivity index (χ1n) is 5.86.